The van der Waals surface area contributed by atoms with E-state index >= 15 is 0 Å². The van der Waals surface area contributed by atoms with Crippen molar-refractivity contribution in [1.29, 1.82) is 0 Å². The summed E-state index contributed by atoms with van der Waals surface area (Å²) in [4.78, 5) is -2.07. The molecule has 2 rings (SSSR count). The first kappa shape index (κ1) is 20.2. The van der Waals surface area contributed by atoms with Crippen molar-refractivity contribution < 1.29 is 35.3 Å². The molecule has 0 amide bonds. The minimum Gasteiger partial charge on any atom is -0.489 e. The predicted molar refractivity (Wildman–Crippen MR) is 85.6 cm³/mol. The molecule has 0 saturated heterocycles. The lowest BCUT2D eigenvalue weighted by molar-refractivity contribution is 0.282. The van der Waals surface area contributed by atoms with Crippen molar-refractivity contribution in [3.8, 4) is 5.75 Å². The molecule has 0 aliphatic carbocycles. The molecule has 0 aliphatic rings. The quantitative estimate of drug-likeness (QED) is 0.444. The van der Waals surface area contributed by atoms with Crippen molar-refractivity contribution >= 4 is 10.1 Å². The third kappa shape index (κ3) is 3.99. The molecule has 1 unspecified atom stereocenters. The van der Waals surface area contributed by atoms with Gasteiger partial charge in [0.15, 0.2) is 28.2 Å². The summed E-state index contributed by atoms with van der Waals surface area (Å²) in [6.07, 6.45) is 0.912. The Hall–Kier alpha value is -2.13. The van der Waals surface area contributed by atoms with Gasteiger partial charge in [-0.15, -0.1) is 0 Å². The van der Waals surface area contributed by atoms with Crippen LogP contribution in [-0.2, 0) is 16.7 Å². The molecule has 2 aromatic carbocycles. The van der Waals surface area contributed by atoms with Crippen LogP contribution in [0.25, 0.3) is 0 Å². The molecule has 0 spiro atoms. The van der Waals surface area contributed by atoms with Gasteiger partial charge in [0.2, 0.25) is 0 Å². The molecule has 142 valence electrons. The lowest BCUT2D eigenvalue weighted by Gasteiger charge is -2.13. The van der Waals surface area contributed by atoms with Crippen LogP contribution < -0.4 is 4.74 Å². The Balaban J connectivity index is 2.31. The van der Waals surface area contributed by atoms with Crippen molar-refractivity contribution in [1.82, 2.24) is 0 Å². The summed E-state index contributed by atoms with van der Waals surface area (Å²) in [5.74, 6) is -7.82. The molecule has 0 aliphatic heterocycles. The highest BCUT2D eigenvalue weighted by Crippen LogP contribution is 2.29. The number of halogens is 4. The molecule has 1 atom stereocenters. The fourth-order valence-electron chi connectivity index (χ4n) is 2.29. The molecule has 0 aromatic heterocycles. The zero-order valence-corrected chi connectivity index (χ0v) is 14.7. The first-order valence-corrected chi connectivity index (χ1v) is 9.07. The van der Waals surface area contributed by atoms with Gasteiger partial charge in [-0.2, -0.15) is 8.42 Å². The second-order valence-corrected chi connectivity index (χ2v) is 7.06. The van der Waals surface area contributed by atoms with Crippen molar-refractivity contribution in [2.75, 3.05) is 0 Å². The molecule has 26 heavy (non-hydrogen) atoms. The number of hydrogen-bond acceptors (Lipinski definition) is 3. The van der Waals surface area contributed by atoms with E-state index in [9.17, 15) is 26.0 Å². The van der Waals surface area contributed by atoms with E-state index < -0.39 is 50.5 Å². The van der Waals surface area contributed by atoms with Crippen LogP contribution in [0, 0.1) is 23.3 Å². The Kier molecular flexibility index (Phi) is 5.92. The average Bonchev–Trinajstić information content (AvgIpc) is 2.59. The fourth-order valence-corrected chi connectivity index (χ4v) is 2.93. The maximum Gasteiger partial charge on any atom is 0.300 e. The van der Waals surface area contributed by atoms with Crippen molar-refractivity contribution in [2.45, 2.75) is 37.7 Å². The van der Waals surface area contributed by atoms with Gasteiger partial charge in [-0.1, -0.05) is 26.0 Å². The van der Waals surface area contributed by atoms with Gasteiger partial charge in [-0.25, -0.2) is 17.6 Å². The van der Waals surface area contributed by atoms with Crippen molar-refractivity contribution in [3.05, 3.63) is 58.7 Å². The molecule has 0 fully saturated rings. The Morgan fingerprint density at radius 3 is 1.92 bits per heavy atom. The van der Waals surface area contributed by atoms with Gasteiger partial charge < -0.3 is 4.74 Å². The highest BCUT2D eigenvalue weighted by molar-refractivity contribution is 7.85. The van der Waals surface area contributed by atoms with E-state index in [-0.39, 0.29) is 5.75 Å². The Bertz CT molecular complexity index is 882. The third-order valence-corrected chi connectivity index (χ3v) is 4.89. The highest BCUT2D eigenvalue weighted by atomic mass is 32.2. The van der Waals surface area contributed by atoms with E-state index in [1.807, 2.05) is 13.8 Å². The molecule has 2 aromatic rings. The summed E-state index contributed by atoms with van der Waals surface area (Å²) in [5, 5.41) is 0. The normalized spacial score (nSPS) is 12.9. The summed E-state index contributed by atoms with van der Waals surface area (Å²) < 4.78 is 90.9. The second kappa shape index (κ2) is 7.63. The largest absolute Gasteiger partial charge is 0.489 e. The number of benzene rings is 2. The molecule has 0 radical (unpaired) electrons. The maximum atomic E-state index is 13.9. The molecule has 9 heteroatoms. The van der Waals surface area contributed by atoms with Crippen LogP contribution >= 0.6 is 0 Å². The second-order valence-electron chi connectivity index (χ2n) is 5.71. The van der Waals surface area contributed by atoms with E-state index in [2.05, 4.69) is 0 Å². The highest BCUT2D eigenvalue weighted by Gasteiger charge is 2.32. The van der Waals surface area contributed by atoms with Crippen LogP contribution in [0.2, 0.25) is 0 Å². The van der Waals surface area contributed by atoms with Gasteiger partial charge in [-0.05, 0) is 30.0 Å². The van der Waals surface area contributed by atoms with Crippen LogP contribution in [0.5, 0.6) is 5.75 Å². The van der Waals surface area contributed by atoms with Crippen LogP contribution in [0.15, 0.2) is 29.2 Å². The first-order valence-electron chi connectivity index (χ1n) is 7.63. The van der Waals surface area contributed by atoms with Gasteiger partial charge in [0.1, 0.15) is 12.4 Å². The minimum atomic E-state index is -5.48. The van der Waals surface area contributed by atoms with E-state index in [0.29, 0.717) is 5.92 Å². The number of rotatable bonds is 6. The molecule has 0 heterocycles. The summed E-state index contributed by atoms with van der Waals surface area (Å²) in [7, 11) is -5.48. The van der Waals surface area contributed by atoms with Gasteiger partial charge >= 0.3 is 10.1 Å². The Morgan fingerprint density at radius 1 is 1.00 bits per heavy atom. The summed E-state index contributed by atoms with van der Waals surface area (Å²) in [6.45, 7) is 3.16. The van der Waals surface area contributed by atoms with E-state index in [1.165, 1.54) is 12.1 Å². The zero-order chi connectivity index (χ0) is 19.6. The average molecular weight is 392 g/mol. The molecule has 0 bridgehead atoms. The van der Waals surface area contributed by atoms with Crippen LogP contribution in [0.4, 0.5) is 17.6 Å². The van der Waals surface area contributed by atoms with E-state index in [4.69, 9.17) is 9.29 Å². The fraction of sp³-hybridized carbons (Fsp3) is 0.294. The minimum absolute atomic E-state index is 0.204. The number of ether oxygens (including phenoxy) is 1. The van der Waals surface area contributed by atoms with Crippen molar-refractivity contribution in [2.24, 2.45) is 0 Å². The van der Waals surface area contributed by atoms with Crippen molar-refractivity contribution in [3.63, 3.8) is 0 Å². The smallest absolute Gasteiger partial charge is 0.300 e. The van der Waals surface area contributed by atoms with E-state index in [0.717, 1.165) is 12.0 Å². The number of hydrogen-bond donors (Lipinski definition) is 1. The van der Waals surface area contributed by atoms with Gasteiger partial charge in [0.05, 0.1) is 5.56 Å². The van der Waals surface area contributed by atoms with Gasteiger partial charge in [-0.3, -0.25) is 4.55 Å². The maximum absolute atomic E-state index is 13.9. The lowest BCUT2D eigenvalue weighted by atomic mass is 9.99. The molecule has 1 N–H and O–H groups in total. The lowest BCUT2D eigenvalue weighted by Crippen LogP contribution is -2.14. The standard InChI is InChI=1S/C17H16F4O4S/c1-3-9(2)10-4-6-11(7-5-10)25-8-12-13(18)15(20)17(26(22,23)24)16(21)14(12)19/h4-7,9H,3,8H2,1-2H3,(H,22,23,24). The summed E-state index contributed by atoms with van der Waals surface area (Å²) in [5.41, 5.74) is -0.106. The molecule has 4 nitrogen and oxygen atoms in total. The zero-order valence-electron chi connectivity index (χ0n) is 13.9. The third-order valence-electron chi connectivity index (χ3n) is 4.02. The summed E-state index contributed by atoms with van der Waals surface area (Å²) in [6, 6.07) is 6.57. The van der Waals surface area contributed by atoms with Crippen LogP contribution in [-0.4, -0.2) is 13.0 Å². The Morgan fingerprint density at radius 2 is 1.50 bits per heavy atom. The van der Waals surface area contributed by atoms with E-state index in [1.54, 1.807) is 12.1 Å². The molecule has 0 saturated carbocycles. The first-order chi connectivity index (χ1) is 12.1. The molecular weight excluding hydrogens is 376 g/mol. The predicted octanol–water partition coefficient (Wildman–Crippen LogP) is 4.58. The van der Waals surface area contributed by atoms with Gasteiger partial charge in [0, 0.05) is 0 Å². The Labute approximate surface area is 148 Å². The van der Waals surface area contributed by atoms with Crippen LogP contribution in [0.1, 0.15) is 37.3 Å². The van der Waals surface area contributed by atoms with Gasteiger partial charge in [0.25, 0.3) is 0 Å². The molecular formula is C17H16F4O4S. The summed E-state index contributed by atoms with van der Waals surface area (Å²) >= 11 is 0. The SMILES string of the molecule is CCC(C)c1ccc(OCc2c(F)c(F)c(S(=O)(=O)O)c(F)c2F)cc1. The topological polar surface area (TPSA) is 63.6 Å². The van der Waals surface area contributed by atoms with Crippen LogP contribution in [0.3, 0.4) is 0 Å². The monoisotopic (exact) mass is 392 g/mol.